The zero-order valence-corrected chi connectivity index (χ0v) is 20.5. The lowest BCUT2D eigenvalue weighted by Crippen LogP contribution is -2.37. The van der Waals surface area contributed by atoms with Crippen molar-refractivity contribution < 1.29 is 13.9 Å². The molecule has 0 aliphatic carbocycles. The highest BCUT2D eigenvalue weighted by molar-refractivity contribution is 14.0. The highest BCUT2D eigenvalue weighted by atomic mass is 127. The van der Waals surface area contributed by atoms with Gasteiger partial charge in [-0.05, 0) is 37.6 Å². The molecule has 1 aliphatic rings. The first-order valence-electron chi connectivity index (χ1n) is 10.5. The Morgan fingerprint density at radius 1 is 1.13 bits per heavy atom. The summed E-state index contributed by atoms with van der Waals surface area (Å²) in [5, 5.41) is 6.56. The number of morpholine rings is 1. The van der Waals surface area contributed by atoms with Gasteiger partial charge in [-0.15, -0.1) is 24.0 Å². The summed E-state index contributed by atoms with van der Waals surface area (Å²) < 4.78 is 25.6. The second-order valence-corrected chi connectivity index (χ2v) is 6.97. The third kappa shape index (κ3) is 7.53. The van der Waals surface area contributed by atoms with Crippen molar-refractivity contribution in [2.75, 3.05) is 44.4 Å². The Labute approximate surface area is 201 Å². The maximum atomic E-state index is 14.6. The second-order valence-electron chi connectivity index (χ2n) is 6.97. The van der Waals surface area contributed by atoms with Crippen LogP contribution in [0.5, 0.6) is 5.75 Å². The quantitative estimate of drug-likeness (QED) is 0.301. The number of hydrogen-bond acceptors (Lipinski definition) is 4. The average molecular weight is 542 g/mol. The largest absolute Gasteiger partial charge is 0.494 e. The van der Waals surface area contributed by atoms with Crippen LogP contribution in [0.3, 0.4) is 0 Å². The van der Waals surface area contributed by atoms with E-state index in [1.165, 1.54) is 0 Å². The van der Waals surface area contributed by atoms with Gasteiger partial charge in [0.05, 0.1) is 32.1 Å². The molecule has 0 atom stereocenters. The average Bonchev–Trinajstić information content (AvgIpc) is 2.77. The minimum Gasteiger partial charge on any atom is -0.494 e. The first-order valence-corrected chi connectivity index (χ1v) is 10.5. The van der Waals surface area contributed by atoms with Crippen molar-refractivity contribution in [3.05, 3.63) is 59.4 Å². The predicted octanol–water partition coefficient (Wildman–Crippen LogP) is 3.93. The summed E-state index contributed by atoms with van der Waals surface area (Å²) in [5.74, 6) is 1.33. The van der Waals surface area contributed by atoms with Crippen LogP contribution in [0.1, 0.15) is 25.0 Å². The number of halogens is 2. The molecule has 0 radical (unpaired) electrons. The molecule has 31 heavy (non-hydrogen) atoms. The first-order chi connectivity index (χ1) is 14.7. The molecule has 1 saturated heterocycles. The van der Waals surface area contributed by atoms with Crippen molar-refractivity contribution in [2.45, 2.75) is 26.9 Å². The molecule has 170 valence electrons. The van der Waals surface area contributed by atoms with Gasteiger partial charge in [-0.3, -0.25) is 0 Å². The van der Waals surface area contributed by atoms with Crippen LogP contribution < -0.4 is 20.3 Å². The van der Waals surface area contributed by atoms with E-state index in [4.69, 9.17) is 9.47 Å². The number of para-hydroxylation sites is 1. The molecule has 0 saturated carbocycles. The van der Waals surface area contributed by atoms with Crippen molar-refractivity contribution in [1.82, 2.24) is 10.6 Å². The van der Waals surface area contributed by atoms with Crippen molar-refractivity contribution in [3.8, 4) is 5.75 Å². The summed E-state index contributed by atoms with van der Waals surface area (Å²) in [6.07, 6.45) is 0. The summed E-state index contributed by atoms with van der Waals surface area (Å²) in [5.41, 5.74) is 2.52. The zero-order chi connectivity index (χ0) is 21.2. The molecular formula is C23H32FIN4O2. The molecule has 2 N–H and O–H groups in total. The summed E-state index contributed by atoms with van der Waals surface area (Å²) in [4.78, 5) is 6.63. The number of benzene rings is 2. The molecule has 8 heteroatoms. The van der Waals surface area contributed by atoms with Crippen LogP contribution in [0.2, 0.25) is 0 Å². The summed E-state index contributed by atoms with van der Waals surface area (Å²) in [7, 11) is 0. The number of nitrogens with zero attached hydrogens (tertiary/aromatic N) is 2. The molecule has 0 amide bonds. The van der Waals surface area contributed by atoms with E-state index in [9.17, 15) is 4.39 Å². The number of ether oxygens (including phenoxy) is 2. The van der Waals surface area contributed by atoms with E-state index in [0.717, 1.165) is 23.4 Å². The Kier molecular flexibility index (Phi) is 10.9. The highest BCUT2D eigenvalue weighted by Gasteiger charge is 2.15. The molecule has 1 aliphatic heterocycles. The Hall–Kier alpha value is -2.07. The minimum atomic E-state index is -0.215. The number of rotatable bonds is 8. The van der Waals surface area contributed by atoms with Crippen molar-refractivity contribution in [2.24, 2.45) is 4.99 Å². The first kappa shape index (κ1) is 25.2. The van der Waals surface area contributed by atoms with E-state index >= 15 is 0 Å². The van der Waals surface area contributed by atoms with Crippen LogP contribution in [0, 0.1) is 5.82 Å². The number of hydrogen-bond donors (Lipinski definition) is 2. The number of guanidine groups is 1. The van der Waals surface area contributed by atoms with Gasteiger partial charge >= 0.3 is 0 Å². The van der Waals surface area contributed by atoms with Crippen LogP contribution >= 0.6 is 24.0 Å². The lowest BCUT2D eigenvalue weighted by molar-refractivity contribution is 0.122. The lowest BCUT2D eigenvalue weighted by Gasteiger charge is -2.29. The SMILES string of the molecule is CCNC(=NCc1ccc(N2CCOCC2)c(F)c1)NCc1ccccc1OCC.I. The van der Waals surface area contributed by atoms with Crippen molar-refractivity contribution in [1.29, 1.82) is 0 Å². The van der Waals surface area contributed by atoms with Gasteiger partial charge in [-0.25, -0.2) is 9.38 Å². The molecule has 0 unspecified atom stereocenters. The minimum absolute atomic E-state index is 0. The Balaban J connectivity index is 0.00000341. The van der Waals surface area contributed by atoms with E-state index in [-0.39, 0.29) is 29.8 Å². The van der Waals surface area contributed by atoms with Gasteiger partial charge in [0.1, 0.15) is 11.6 Å². The van der Waals surface area contributed by atoms with Crippen LogP contribution in [0.4, 0.5) is 10.1 Å². The molecule has 1 heterocycles. The summed E-state index contributed by atoms with van der Waals surface area (Å²) in [6, 6.07) is 13.3. The molecule has 1 fully saturated rings. The topological polar surface area (TPSA) is 58.1 Å². The standard InChI is InChI=1S/C23H31FN4O2.HI/c1-3-25-23(27-17-19-7-5-6-8-22(19)30-4-2)26-16-18-9-10-21(20(24)15-18)28-11-13-29-14-12-28;/h5-10,15H,3-4,11-14,16-17H2,1-2H3,(H2,25,26,27);1H. The molecule has 6 nitrogen and oxygen atoms in total. The molecule has 2 aromatic rings. The van der Waals surface area contributed by atoms with E-state index in [1.54, 1.807) is 6.07 Å². The fourth-order valence-electron chi connectivity index (χ4n) is 3.35. The maximum absolute atomic E-state index is 14.6. The smallest absolute Gasteiger partial charge is 0.191 e. The lowest BCUT2D eigenvalue weighted by atomic mass is 10.1. The van der Waals surface area contributed by atoms with E-state index in [2.05, 4.69) is 15.6 Å². The number of aliphatic imine (C=N–C) groups is 1. The second kappa shape index (κ2) is 13.4. The van der Waals surface area contributed by atoms with Gasteiger partial charge in [0.15, 0.2) is 5.96 Å². The number of anilines is 1. The van der Waals surface area contributed by atoms with Gasteiger partial charge in [-0.1, -0.05) is 24.3 Å². The third-order valence-corrected chi connectivity index (χ3v) is 4.85. The Morgan fingerprint density at radius 3 is 2.61 bits per heavy atom. The van der Waals surface area contributed by atoms with E-state index in [0.29, 0.717) is 57.6 Å². The van der Waals surface area contributed by atoms with Gasteiger partial charge in [-0.2, -0.15) is 0 Å². The molecule has 0 spiro atoms. The number of nitrogens with one attached hydrogen (secondary N) is 2. The summed E-state index contributed by atoms with van der Waals surface area (Å²) >= 11 is 0. The molecule has 3 rings (SSSR count). The maximum Gasteiger partial charge on any atom is 0.191 e. The normalized spacial score (nSPS) is 14.0. The molecule has 0 bridgehead atoms. The molecule has 0 aromatic heterocycles. The zero-order valence-electron chi connectivity index (χ0n) is 18.2. The van der Waals surface area contributed by atoms with Crippen LogP contribution in [-0.4, -0.2) is 45.4 Å². The van der Waals surface area contributed by atoms with Crippen LogP contribution in [-0.2, 0) is 17.8 Å². The Bertz CT molecular complexity index is 844. The monoisotopic (exact) mass is 542 g/mol. The van der Waals surface area contributed by atoms with Gasteiger partial charge in [0.25, 0.3) is 0 Å². The van der Waals surface area contributed by atoms with Crippen LogP contribution in [0.25, 0.3) is 0 Å². The molecule has 2 aromatic carbocycles. The Morgan fingerprint density at radius 2 is 1.90 bits per heavy atom. The van der Waals surface area contributed by atoms with E-state index in [1.807, 2.05) is 55.1 Å². The molecular weight excluding hydrogens is 510 g/mol. The predicted molar refractivity (Wildman–Crippen MR) is 134 cm³/mol. The van der Waals surface area contributed by atoms with Crippen molar-refractivity contribution >= 4 is 35.6 Å². The van der Waals surface area contributed by atoms with Gasteiger partial charge < -0.3 is 25.0 Å². The fraction of sp³-hybridized carbons (Fsp3) is 0.435. The van der Waals surface area contributed by atoms with E-state index < -0.39 is 0 Å². The highest BCUT2D eigenvalue weighted by Crippen LogP contribution is 2.22. The van der Waals surface area contributed by atoms with Gasteiger partial charge in [0.2, 0.25) is 0 Å². The third-order valence-electron chi connectivity index (χ3n) is 4.85. The van der Waals surface area contributed by atoms with Gasteiger partial charge in [0, 0.05) is 31.7 Å². The van der Waals surface area contributed by atoms with Crippen molar-refractivity contribution in [3.63, 3.8) is 0 Å². The van der Waals surface area contributed by atoms with Crippen LogP contribution in [0.15, 0.2) is 47.5 Å². The summed E-state index contributed by atoms with van der Waals surface area (Å²) in [6.45, 7) is 9.03. The fourth-order valence-corrected chi connectivity index (χ4v) is 3.35.